The molecule has 0 aliphatic heterocycles. The molecule has 0 aromatic heterocycles. The van der Waals surface area contributed by atoms with Gasteiger partial charge in [0.05, 0.1) is 13.2 Å². The van der Waals surface area contributed by atoms with Gasteiger partial charge in [-0.1, -0.05) is 202 Å². The minimum atomic E-state index is 0.113. The Morgan fingerprint density at radius 2 is 0.645 bits per heavy atom. The highest BCUT2D eigenvalue weighted by atomic mass is 16.5. The molecule has 8 rings (SSSR count). The van der Waals surface area contributed by atoms with Crippen molar-refractivity contribution < 1.29 is 9.47 Å². The summed E-state index contributed by atoms with van der Waals surface area (Å²) < 4.78 is 12.2. The predicted octanol–water partition coefficient (Wildman–Crippen LogP) is 16.1. The molecule has 5 aromatic carbocycles. The summed E-state index contributed by atoms with van der Waals surface area (Å²) in [7, 11) is 0. The average Bonchev–Trinajstić information content (AvgIpc) is 3.32. The Morgan fingerprint density at radius 3 is 0.968 bits per heavy atom. The van der Waals surface area contributed by atoms with Crippen molar-refractivity contribution in [1.29, 1.82) is 0 Å². The number of hydrogen-bond donors (Lipinski definition) is 0. The van der Waals surface area contributed by atoms with Crippen LogP contribution in [0.4, 0.5) is 0 Å². The summed E-state index contributed by atoms with van der Waals surface area (Å²) in [6.07, 6.45) is 26.6. The van der Waals surface area contributed by atoms with E-state index in [0.717, 1.165) is 59.8 Å². The molecule has 2 nitrogen and oxygen atoms in total. The standard InChI is InChI=1S/C60H70O2/c1-3-5-7-9-11-13-15-17-19-25-45-61-51-41-33-47(34-42-51)31-37-49-39-40-50(58-57(49)59-53-27-21-23-29-55(53)60(58)56-30-24-22-28-54(56)59)38-32-48-35-43-52(44-36-48)62-46-26-20-18-16-14-12-10-8-6-4-2/h21-24,27-30,33-36,39-44,59-60H,3-20,25-26,45-46H2,1-2H3. The number of ether oxygens (including phenoxy) is 2. The molecule has 62 heavy (non-hydrogen) atoms. The smallest absolute Gasteiger partial charge is 0.119 e. The van der Waals surface area contributed by atoms with Crippen molar-refractivity contribution in [2.75, 3.05) is 13.2 Å². The molecule has 2 heteroatoms. The van der Waals surface area contributed by atoms with Crippen molar-refractivity contribution in [3.05, 3.63) is 165 Å². The van der Waals surface area contributed by atoms with Crippen LogP contribution in [0.5, 0.6) is 11.5 Å². The van der Waals surface area contributed by atoms with Gasteiger partial charge in [0.2, 0.25) is 0 Å². The van der Waals surface area contributed by atoms with Gasteiger partial charge in [0.1, 0.15) is 11.5 Å². The lowest BCUT2D eigenvalue weighted by Crippen LogP contribution is -2.29. The maximum atomic E-state index is 6.12. The normalized spacial score (nSPS) is 14.2. The zero-order chi connectivity index (χ0) is 42.6. The SMILES string of the molecule is CCCCCCCCCCCCOc1ccc(C#Cc2ccc(C#Cc3ccc(OCCCCCCCCCCCC)cc3)c3c2C2c4ccccc4C3c3ccccc32)cc1. The van der Waals surface area contributed by atoms with E-state index < -0.39 is 0 Å². The Hall–Kier alpha value is -5.18. The summed E-state index contributed by atoms with van der Waals surface area (Å²) in [6, 6.07) is 39.1. The molecule has 0 fully saturated rings. The predicted molar refractivity (Wildman–Crippen MR) is 261 cm³/mol. The molecule has 2 bridgehead atoms. The van der Waals surface area contributed by atoms with Crippen molar-refractivity contribution >= 4 is 0 Å². The molecule has 0 radical (unpaired) electrons. The van der Waals surface area contributed by atoms with Crippen molar-refractivity contribution in [3.8, 4) is 35.2 Å². The Balaban J connectivity index is 1.00. The third-order valence-electron chi connectivity index (χ3n) is 13.0. The summed E-state index contributed by atoms with van der Waals surface area (Å²) in [6.45, 7) is 6.11. The third kappa shape index (κ3) is 12.3. The van der Waals surface area contributed by atoms with Gasteiger partial charge in [0.25, 0.3) is 0 Å². The van der Waals surface area contributed by atoms with E-state index in [4.69, 9.17) is 9.47 Å². The molecule has 0 N–H and O–H groups in total. The third-order valence-corrected chi connectivity index (χ3v) is 13.0. The highest BCUT2D eigenvalue weighted by Gasteiger charge is 2.43. The molecule has 0 saturated carbocycles. The van der Waals surface area contributed by atoms with E-state index in [1.807, 2.05) is 0 Å². The highest BCUT2D eigenvalue weighted by molar-refractivity contribution is 5.74. The molecule has 0 heterocycles. The molecule has 0 spiro atoms. The molecular weight excluding hydrogens is 753 g/mol. The largest absolute Gasteiger partial charge is 0.494 e. The molecule has 0 amide bonds. The summed E-state index contributed by atoms with van der Waals surface area (Å²) in [5.74, 6) is 16.4. The van der Waals surface area contributed by atoms with Gasteiger partial charge in [0.15, 0.2) is 0 Å². The van der Waals surface area contributed by atoms with Gasteiger partial charge in [-0.2, -0.15) is 0 Å². The second-order valence-electron chi connectivity index (χ2n) is 17.7. The van der Waals surface area contributed by atoms with Gasteiger partial charge in [-0.25, -0.2) is 0 Å². The molecule has 5 aromatic rings. The van der Waals surface area contributed by atoms with Gasteiger partial charge < -0.3 is 9.47 Å². The second-order valence-corrected chi connectivity index (χ2v) is 17.7. The lowest BCUT2D eigenvalue weighted by Gasteiger charge is -2.43. The molecule has 322 valence electrons. The first-order valence-electron chi connectivity index (χ1n) is 24.6. The monoisotopic (exact) mass is 823 g/mol. The van der Waals surface area contributed by atoms with Gasteiger partial charge in [-0.15, -0.1) is 0 Å². The van der Waals surface area contributed by atoms with Crippen LogP contribution in [0.15, 0.2) is 109 Å². The van der Waals surface area contributed by atoms with Crippen molar-refractivity contribution in [3.63, 3.8) is 0 Å². The van der Waals surface area contributed by atoms with E-state index in [1.54, 1.807) is 0 Å². The van der Waals surface area contributed by atoms with E-state index in [9.17, 15) is 0 Å². The van der Waals surface area contributed by atoms with Crippen molar-refractivity contribution in [2.24, 2.45) is 0 Å². The van der Waals surface area contributed by atoms with E-state index in [2.05, 4.69) is 147 Å². The minimum absolute atomic E-state index is 0.113. The first-order valence-corrected chi connectivity index (χ1v) is 24.6. The van der Waals surface area contributed by atoms with Crippen LogP contribution < -0.4 is 9.47 Å². The van der Waals surface area contributed by atoms with Crippen LogP contribution in [0, 0.1) is 23.7 Å². The summed E-state index contributed by atoms with van der Waals surface area (Å²) >= 11 is 0. The molecule has 0 atom stereocenters. The van der Waals surface area contributed by atoms with Crippen LogP contribution in [0.3, 0.4) is 0 Å². The minimum Gasteiger partial charge on any atom is -0.494 e. The Labute approximate surface area is 375 Å². The summed E-state index contributed by atoms with van der Waals surface area (Å²) in [5, 5.41) is 0. The maximum Gasteiger partial charge on any atom is 0.119 e. The maximum absolute atomic E-state index is 6.12. The summed E-state index contributed by atoms with van der Waals surface area (Å²) in [4.78, 5) is 0. The van der Waals surface area contributed by atoms with Crippen LogP contribution in [-0.4, -0.2) is 13.2 Å². The second kappa shape index (κ2) is 24.5. The van der Waals surface area contributed by atoms with Gasteiger partial charge in [0, 0.05) is 34.1 Å². The zero-order valence-corrected chi connectivity index (χ0v) is 37.9. The lowest BCUT2D eigenvalue weighted by atomic mass is 9.59. The number of unbranched alkanes of at least 4 members (excludes halogenated alkanes) is 18. The van der Waals surface area contributed by atoms with Crippen LogP contribution in [0.2, 0.25) is 0 Å². The van der Waals surface area contributed by atoms with E-state index >= 15 is 0 Å². The lowest BCUT2D eigenvalue weighted by molar-refractivity contribution is 0.304. The molecule has 0 saturated heterocycles. The fourth-order valence-corrected chi connectivity index (χ4v) is 9.61. The van der Waals surface area contributed by atoms with E-state index in [-0.39, 0.29) is 11.8 Å². The fraction of sp³-hybridized carbons (Fsp3) is 0.433. The van der Waals surface area contributed by atoms with E-state index in [0.29, 0.717) is 0 Å². The fourth-order valence-electron chi connectivity index (χ4n) is 9.61. The van der Waals surface area contributed by atoms with Crippen LogP contribution >= 0.6 is 0 Å². The van der Waals surface area contributed by atoms with Crippen molar-refractivity contribution in [1.82, 2.24) is 0 Å². The van der Waals surface area contributed by atoms with Crippen molar-refractivity contribution in [2.45, 2.75) is 154 Å². The van der Waals surface area contributed by atoms with Crippen LogP contribution in [-0.2, 0) is 0 Å². The van der Waals surface area contributed by atoms with Crippen LogP contribution in [0.1, 0.15) is 210 Å². The number of benzene rings is 5. The first kappa shape index (κ1) is 44.9. The molecular formula is C60H70O2. The zero-order valence-electron chi connectivity index (χ0n) is 37.9. The summed E-state index contributed by atoms with van der Waals surface area (Å²) in [5.41, 5.74) is 12.3. The number of rotatable bonds is 24. The first-order chi connectivity index (χ1) is 30.7. The van der Waals surface area contributed by atoms with Gasteiger partial charge in [-0.3, -0.25) is 0 Å². The molecule has 3 aliphatic rings. The Bertz CT molecular complexity index is 2050. The molecule has 0 unspecified atom stereocenters. The van der Waals surface area contributed by atoms with E-state index in [1.165, 1.54) is 149 Å². The number of hydrogen-bond acceptors (Lipinski definition) is 2. The molecule has 3 aliphatic carbocycles. The highest BCUT2D eigenvalue weighted by Crippen LogP contribution is 2.57. The van der Waals surface area contributed by atoms with Gasteiger partial charge in [-0.05, 0) is 107 Å². The Kier molecular flexibility index (Phi) is 17.7. The van der Waals surface area contributed by atoms with Gasteiger partial charge >= 0.3 is 0 Å². The van der Waals surface area contributed by atoms with Crippen LogP contribution in [0.25, 0.3) is 0 Å². The topological polar surface area (TPSA) is 18.5 Å². The Morgan fingerprint density at radius 1 is 0.339 bits per heavy atom. The average molecular weight is 823 g/mol. The quantitative estimate of drug-likeness (QED) is 0.0446.